The summed E-state index contributed by atoms with van der Waals surface area (Å²) in [6, 6.07) is 5.18. The average molecular weight is 302 g/mol. The largest absolute Gasteiger partial charge is 0.396 e. The fourth-order valence-corrected chi connectivity index (χ4v) is 2.01. The number of nitrogens with one attached hydrogen (secondary N) is 1. The summed E-state index contributed by atoms with van der Waals surface area (Å²) in [4.78, 5) is 11.6. The second-order valence-corrected chi connectivity index (χ2v) is 5.15. The van der Waals surface area contributed by atoms with Crippen LogP contribution < -0.4 is 5.32 Å². The third-order valence-corrected chi connectivity index (χ3v) is 3.31. The summed E-state index contributed by atoms with van der Waals surface area (Å²) < 4.78 is 0. The minimum absolute atomic E-state index is 0.127. The van der Waals surface area contributed by atoms with Gasteiger partial charge in [-0.25, -0.2) is 0 Å². The molecular weight excluding hydrogens is 285 g/mol. The van der Waals surface area contributed by atoms with E-state index in [1.807, 2.05) is 6.92 Å². The highest BCUT2D eigenvalue weighted by atomic mass is 35.5. The van der Waals surface area contributed by atoms with E-state index in [1.54, 1.807) is 24.3 Å². The summed E-state index contributed by atoms with van der Waals surface area (Å²) in [5.74, 6) is 0.0343. The van der Waals surface area contributed by atoms with Crippen LogP contribution in [0, 0.1) is 5.92 Å². The van der Waals surface area contributed by atoms with Crippen LogP contribution in [0.2, 0.25) is 10.0 Å². The van der Waals surface area contributed by atoms with Gasteiger partial charge in [0.25, 0.3) is 0 Å². The molecule has 0 heterocycles. The molecule has 0 spiro atoms. The van der Waals surface area contributed by atoms with Crippen molar-refractivity contribution in [3.05, 3.63) is 39.9 Å². The first-order valence-corrected chi connectivity index (χ1v) is 6.81. The van der Waals surface area contributed by atoms with Crippen molar-refractivity contribution >= 4 is 35.2 Å². The van der Waals surface area contributed by atoms with Crippen molar-refractivity contribution in [2.24, 2.45) is 5.92 Å². The highest BCUT2D eigenvalue weighted by Crippen LogP contribution is 2.25. The van der Waals surface area contributed by atoms with Crippen LogP contribution in [0.25, 0.3) is 6.08 Å². The molecule has 19 heavy (non-hydrogen) atoms. The number of amides is 1. The molecule has 1 amide bonds. The Balaban J connectivity index is 2.54. The Bertz CT molecular complexity index is 441. The predicted molar refractivity (Wildman–Crippen MR) is 79.4 cm³/mol. The van der Waals surface area contributed by atoms with Crippen molar-refractivity contribution in [2.75, 3.05) is 13.2 Å². The minimum Gasteiger partial charge on any atom is -0.396 e. The molecule has 0 aliphatic carbocycles. The van der Waals surface area contributed by atoms with E-state index in [0.29, 0.717) is 28.6 Å². The zero-order chi connectivity index (χ0) is 14.3. The number of carbonyl (C=O) groups excluding carboxylic acids is 1. The normalized spacial score (nSPS) is 12.6. The van der Waals surface area contributed by atoms with Crippen LogP contribution in [-0.4, -0.2) is 24.2 Å². The second-order valence-electron chi connectivity index (χ2n) is 4.33. The highest BCUT2D eigenvalue weighted by molar-refractivity contribution is 6.37. The summed E-state index contributed by atoms with van der Waals surface area (Å²) in [6.07, 6.45) is 3.66. The first kappa shape index (κ1) is 16.0. The number of aliphatic hydroxyl groups is 1. The molecule has 0 radical (unpaired) electrons. The van der Waals surface area contributed by atoms with Gasteiger partial charge in [-0.05, 0) is 30.5 Å². The Morgan fingerprint density at radius 3 is 2.63 bits per heavy atom. The summed E-state index contributed by atoms with van der Waals surface area (Å²) in [5, 5.41) is 12.5. The molecule has 0 aliphatic rings. The number of benzene rings is 1. The zero-order valence-corrected chi connectivity index (χ0v) is 12.2. The van der Waals surface area contributed by atoms with Gasteiger partial charge in [0.2, 0.25) is 5.91 Å². The van der Waals surface area contributed by atoms with Gasteiger partial charge in [0, 0.05) is 34.8 Å². The molecule has 0 aliphatic heterocycles. The molecule has 5 heteroatoms. The molecule has 0 bridgehead atoms. The van der Waals surface area contributed by atoms with Crippen molar-refractivity contribution in [1.29, 1.82) is 0 Å². The second kappa shape index (κ2) is 8.20. The molecule has 0 aromatic heterocycles. The van der Waals surface area contributed by atoms with Gasteiger partial charge in [-0.2, -0.15) is 0 Å². The van der Waals surface area contributed by atoms with Crippen molar-refractivity contribution in [2.45, 2.75) is 13.3 Å². The molecule has 1 aromatic rings. The quantitative estimate of drug-likeness (QED) is 0.793. The minimum atomic E-state index is -0.208. The van der Waals surface area contributed by atoms with Gasteiger partial charge in [0.15, 0.2) is 0 Å². The standard InChI is InChI=1S/C14H17Cl2NO2/c1-10(7-8-18)9-17-14(19)6-5-11-12(15)3-2-4-13(11)16/h2-6,10,18H,7-9H2,1H3,(H,17,19). The molecule has 1 unspecified atom stereocenters. The molecule has 1 rings (SSSR count). The van der Waals surface area contributed by atoms with Crippen molar-refractivity contribution in [3.63, 3.8) is 0 Å². The van der Waals surface area contributed by atoms with Gasteiger partial charge in [0.05, 0.1) is 0 Å². The highest BCUT2D eigenvalue weighted by Gasteiger charge is 2.04. The molecule has 104 valence electrons. The Morgan fingerprint density at radius 2 is 2.05 bits per heavy atom. The average Bonchev–Trinajstić information content (AvgIpc) is 2.36. The molecule has 3 nitrogen and oxygen atoms in total. The summed E-state index contributed by atoms with van der Waals surface area (Å²) in [6.45, 7) is 2.62. The van der Waals surface area contributed by atoms with Crippen molar-refractivity contribution in [3.8, 4) is 0 Å². The van der Waals surface area contributed by atoms with E-state index < -0.39 is 0 Å². The molecular formula is C14H17Cl2NO2. The number of rotatable bonds is 6. The van der Waals surface area contributed by atoms with Crippen LogP contribution in [0.4, 0.5) is 0 Å². The van der Waals surface area contributed by atoms with E-state index in [0.717, 1.165) is 0 Å². The predicted octanol–water partition coefficient (Wildman–Crippen LogP) is 3.14. The smallest absolute Gasteiger partial charge is 0.244 e. The summed E-state index contributed by atoms with van der Waals surface area (Å²) in [7, 11) is 0. The number of carbonyl (C=O) groups is 1. The van der Waals surface area contributed by atoms with E-state index in [-0.39, 0.29) is 18.4 Å². The molecule has 1 aromatic carbocycles. The zero-order valence-electron chi connectivity index (χ0n) is 10.7. The third-order valence-electron chi connectivity index (χ3n) is 2.65. The fourth-order valence-electron chi connectivity index (χ4n) is 1.49. The lowest BCUT2D eigenvalue weighted by atomic mass is 10.1. The summed E-state index contributed by atoms with van der Waals surface area (Å²) in [5.41, 5.74) is 0.629. The van der Waals surface area contributed by atoms with Crippen LogP contribution in [0.1, 0.15) is 18.9 Å². The van der Waals surface area contributed by atoms with Crippen molar-refractivity contribution < 1.29 is 9.90 Å². The topological polar surface area (TPSA) is 49.3 Å². The lowest BCUT2D eigenvalue weighted by Gasteiger charge is -2.09. The number of hydrogen-bond donors (Lipinski definition) is 2. The number of halogens is 2. The van der Waals surface area contributed by atoms with Crippen LogP contribution in [0.5, 0.6) is 0 Å². The monoisotopic (exact) mass is 301 g/mol. The van der Waals surface area contributed by atoms with Gasteiger partial charge in [-0.3, -0.25) is 4.79 Å². The maximum Gasteiger partial charge on any atom is 0.244 e. The van der Waals surface area contributed by atoms with Crippen LogP contribution >= 0.6 is 23.2 Å². The van der Waals surface area contributed by atoms with Crippen LogP contribution in [0.3, 0.4) is 0 Å². The third kappa shape index (κ3) is 5.64. The molecule has 1 atom stereocenters. The maximum absolute atomic E-state index is 11.6. The van der Waals surface area contributed by atoms with Gasteiger partial charge in [-0.1, -0.05) is 36.2 Å². The Kier molecular flexibility index (Phi) is 6.92. The Labute approximate surface area is 123 Å². The van der Waals surface area contributed by atoms with Gasteiger partial charge < -0.3 is 10.4 Å². The SMILES string of the molecule is CC(CCO)CNC(=O)C=Cc1c(Cl)cccc1Cl. The Hall–Kier alpha value is -1.03. The van der Waals surface area contributed by atoms with E-state index in [4.69, 9.17) is 28.3 Å². The molecule has 0 saturated heterocycles. The molecule has 0 fully saturated rings. The molecule has 0 saturated carbocycles. The maximum atomic E-state index is 11.6. The van der Waals surface area contributed by atoms with Gasteiger partial charge in [-0.15, -0.1) is 0 Å². The van der Waals surface area contributed by atoms with Crippen LogP contribution in [0.15, 0.2) is 24.3 Å². The number of aliphatic hydroxyl groups excluding tert-OH is 1. The molecule has 2 N–H and O–H groups in total. The lowest BCUT2D eigenvalue weighted by molar-refractivity contribution is -0.116. The lowest BCUT2D eigenvalue weighted by Crippen LogP contribution is -2.26. The first-order valence-electron chi connectivity index (χ1n) is 6.05. The van der Waals surface area contributed by atoms with Gasteiger partial charge in [0.1, 0.15) is 0 Å². The van der Waals surface area contributed by atoms with Crippen molar-refractivity contribution in [1.82, 2.24) is 5.32 Å². The first-order chi connectivity index (χ1) is 9.04. The number of hydrogen-bond acceptors (Lipinski definition) is 2. The van der Waals surface area contributed by atoms with Gasteiger partial charge >= 0.3 is 0 Å². The fraction of sp³-hybridized carbons (Fsp3) is 0.357. The van der Waals surface area contributed by atoms with Crippen LogP contribution in [-0.2, 0) is 4.79 Å². The van der Waals surface area contributed by atoms with E-state index in [1.165, 1.54) is 6.08 Å². The van der Waals surface area contributed by atoms with E-state index >= 15 is 0 Å². The summed E-state index contributed by atoms with van der Waals surface area (Å²) >= 11 is 12.0. The van der Waals surface area contributed by atoms with E-state index in [9.17, 15) is 4.79 Å². The Morgan fingerprint density at radius 1 is 1.42 bits per heavy atom. The van der Waals surface area contributed by atoms with E-state index in [2.05, 4.69) is 5.32 Å².